The topological polar surface area (TPSA) is 46.5 Å². The Morgan fingerprint density at radius 1 is 1.42 bits per heavy atom. The van der Waals surface area contributed by atoms with E-state index in [4.69, 9.17) is 21.4 Å². The van der Waals surface area contributed by atoms with Crippen molar-refractivity contribution in [3.63, 3.8) is 0 Å². The number of aromatic carboxylic acids is 1. The van der Waals surface area contributed by atoms with Crippen LogP contribution < -0.4 is 4.74 Å². The molecule has 4 heteroatoms. The first-order chi connectivity index (χ1) is 5.74. The highest BCUT2D eigenvalue weighted by atomic mass is 35.5. The van der Waals surface area contributed by atoms with Gasteiger partial charge in [-0.25, -0.2) is 4.79 Å². The third-order valence-corrected chi connectivity index (χ3v) is 1.43. The molecule has 0 heterocycles. The minimum atomic E-state index is -0.951. The van der Waals surface area contributed by atoms with Crippen LogP contribution in [0, 0.1) is 0 Å². The molecular weight excluding hydrogens is 180 g/mol. The molecule has 0 radical (unpaired) electrons. The van der Waals surface area contributed by atoms with Crippen LogP contribution in [0.25, 0.3) is 0 Å². The van der Waals surface area contributed by atoms with E-state index in [0.29, 0.717) is 5.75 Å². The number of rotatable bonds is 3. The number of carboxylic acid groups (broad SMARTS) is 1. The maximum atomic E-state index is 10.4. The van der Waals surface area contributed by atoms with Gasteiger partial charge < -0.3 is 9.84 Å². The molecule has 1 N–H and O–H groups in total. The first-order valence-electron chi connectivity index (χ1n) is 3.26. The highest BCUT2D eigenvalue weighted by molar-refractivity contribution is 6.17. The Balaban J connectivity index is 2.78. The van der Waals surface area contributed by atoms with E-state index in [0.717, 1.165) is 0 Å². The van der Waals surface area contributed by atoms with Crippen molar-refractivity contribution in [2.75, 3.05) is 6.07 Å². The normalized spacial score (nSPS) is 9.42. The van der Waals surface area contributed by atoms with E-state index in [1.807, 2.05) is 0 Å². The lowest BCUT2D eigenvalue weighted by Crippen LogP contribution is -1.96. The van der Waals surface area contributed by atoms with Crippen LogP contribution in [-0.4, -0.2) is 17.1 Å². The van der Waals surface area contributed by atoms with Gasteiger partial charge in [-0.15, -0.1) is 0 Å². The molecule has 0 saturated heterocycles. The Bertz CT molecular complexity index is 268. The number of benzene rings is 1. The number of alkyl halides is 1. The molecule has 0 amide bonds. The van der Waals surface area contributed by atoms with Crippen molar-refractivity contribution in [3.8, 4) is 5.75 Å². The van der Waals surface area contributed by atoms with E-state index in [-0.39, 0.29) is 11.6 Å². The summed E-state index contributed by atoms with van der Waals surface area (Å²) in [5.41, 5.74) is 0.233. The number of carbonyl (C=O) groups is 1. The Morgan fingerprint density at radius 2 is 2.00 bits per heavy atom. The quantitative estimate of drug-likeness (QED) is 0.734. The predicted molar refractivity (Wildman–Crippen MR) is 44.7 cm³/mol. The minimum Gasteiger partial charge on any atom is -0.478 e. The van der Waals surface area contributed by atoms with E-state index in [1.54, 1.807) is 12.1 Å². The van der Waals surface area contributed by atoms with E-state index in [9.17, 15) is 4.79 Å². The van der Waals surface area contributed by atoms with E-state index in [1.165, 1.54) is 12.1 Å². The van der Waals surface area contributed by atoms with E-state index < -0.39 is 5.97 Å². The third kappa shape index (κ3) is 2.13. The number of carboxylic acids is 1. The molecule has 64 valence electrons. The van der Waals surface area contributed by atoms with Crippen molar-refractivity contribution in [2.45, 2.75) is 0 Å². The number of ether oxygens (including phenoxy) is 1. The molecule has 0 aliphatic carbocycles. The Morgan fingerprint density at radius 3 is 2.42 bits per heavy atom. The van der Waals surface area contributed by atoms with E-state index >= 15 is 0 Å². The third-order valence-electron chi connectivity index (χ3n) is 1.32. The summed E-state index contributed by atoms with van der Waals surface area (Å²) in [5, 5.41) is 8.54. The summed E-state index contributed by atoms with van der Waals surface area (Å²) in [6.07, 6.45) is 0. The molecule has 0 aromatic heterocycles. The Labute approximate surface area is 74.5 Å². The smallest absolute Gasteiger partial charge is 0.335 e. The fourth-order valence-electron chi connectivity index (χ4n) is 0.757. The summed E-state index contributed by atoms with van der Waals surface area (Å²) in [6.45, 7) is 0. The molecule has 0 fully saturated rings. The van der Waals surface area contributed by atoms with Crippen LogP contribution >= 0.6 is 11.6 Å². The molecule has 0 aliphatic heterocycles. The molecule has 0 saturated carbocycles. The van der Waals surface area contributed by atoms with Crippen molar-refractivity contribution in [2.24, 2.45) is 0 Å². The van der Waals surface area contributed by atoms with Gasteiger partial charge in [-0.1, -0.05) is 11.6 Å². The molecule has 12 heavy (non-hydrogen) atoms. The van der Waals surface area contributed by atoms with Crippen LogP contribution in [-0.2, 0) is 0 Å². The lowest BCUT2D eigenvalue weighted by atomic mass is 10.2. The zero-order valence-electron chi connectivity index (χ0n) is 6.16. The molecule has 1 rings (SSSR count). The first-order valence-corrected chi connectivity index (χ1v) is 3.79. The second kappa shape index (κ2) is 3.97. The summed E-state index contributed by atoms with van der Waals surface area (Å²) >= 11 is 5.30. The van der Waals surface area contributed by atoms with Crippen molar-refractivity contribution in [1.29, 1.82) is 0 Å². The Hall–Kier alpha value is -1.22. The molecule has 3 nitrogen and oxygen atoms in total. The lowest BCUT2D eigenvalue weighted by molar-refractivity contribution is 0.0697. The van der Waals surface area contributed by atoms with Crippen LogP contribution in [0.5, 0.6) is 5.75 Å². The van der Waals surface area contributed by atoms with Gasteiger partial charge >= 0.3 is 5.97 Å². The molecular formula is C8H7ClO3. The van der Waals surface area contributed by atoms with E-state index in [2.05, 4.69) is 0 Å². The van der Waals surface area contributed by atoms with Crippen LogP contribution in [0.3, 0.4) is 0 Å². The van der Waals surface area contributed by atoms with Gasteiger partial charge in [0.05, 0.1) is 5.56 Å². The standard InChI is InChI=1S/C8H7ClO3/c9-5-12-7-3-1-6(2-4-7)8(10)11/h1-4H,5H2,(H,10,11). The Kier molecular flexibility index (Phi) is 2.94. The summed E-state index contributed by atoms with van der Waals surface area (Å²) in [5.74, 6) is -0.387. The van der Waals surface area contributed by atoms with Crippen molar-refractivity contribution >= 4 is 17.6 Å². The second-order valence-corrected chi connectivity index (χ2v) is 2.30. The van der Waals surface area contributed by atoms with Gasteiger partial charge in [0.1, 0.15) is 5.75 Å². The molecule has 0 spiro atoms. The largest absolute Gasteiger partial charge is 0.478 e. The van der Waals surface area contributed by atoms with Crippen LogP contribution in [0.15, 0.2) is 24.3 Å². The second-order valence-electron chi connectivity index (χ2n) is 2.08. The number of halogens is 1. The van der Waals surface area contributed by atoms with Gasteiger partial charge in [-0.05, 0) is 24.3 Å². The number of hydrogen-bond donors (Lipinski definition) is 1. The van der Waals surface area contributed by atoms with Crippen LogP contribution in [0.2, 0.25) is 0 Å². The maximum Gasteiger partial charge on any atom is 0.335 e. The molecule has 1 aromatic carbocycles. The van der Waals surface area contributed by atoms with Gasteiger partial charge in [0, 0.05) is 0 Å². The lowest BCUT2D eigenvalue weighted by Gasteiger charge is -2.00. The average Bonchev–Trinajstić information content (AvgIpc) is 2.06. The fourth-order valence-corrected chi connectivity index (χ4v) is 0.883. The summed E-state index contributed by atoms with van der Waals surface area (Å²) < 4.78 is 4.91. The molecule has 1 aromatic rings. The fraction of sp³-hybridized carbons (Fsp3) is 0.125. The first kappa shape index (κ1) is 8.87. The van der Waals surface area contributed by atoms with Gasteiger partial charge in [0.2, 0.25) is 0 Å². The van der Waals surface area contributed by atoms with Crippen LogP contribution in [0.4, 0.5) is 0 Å². The SMILES string of the molecule is O=C(O)c1ccc(OCCl)cc1. The monoisotopic (exact) mass is 186 g/mol. The van der Waals surface area contributed by atoms with Gasteiger partial charge in [-0.3, -0.25) is 0 Å². The van der Waals surface area contributed by atoms with Crippen molar-refractivity contribution in [3.05, 3.63) is 29.8 Å². The van der Waals surface area contributed by atoms with Crippen molar-refractivity contribution < 1.29 is 14.6 Å². The molecule has 0 bridgehead atoms. The van der Waals surface area contributed by atoms with Crippen LogP contribution in [0.1, 0.15) is 10.4 Å². The molecule has 0 atom stereocenters. The van der Waals surface area contributed by atoms with Gasteiger partial charge in [-0.2, -0.15) is 0 Å². The predicted octanol–water partition coefficient (Wildman–Crippen LogP) is 1.96. The van der Waals surface area contributed by atoms with Gasteiger partial charge in [0.25, 0.3) is 0 Å². The summed E-state index contributed by atoms with van der Waals surface area (Å²) in [6, 6.07) is 6.11. The molecule has 0 unspecified atom stereocenters. The highest BCUT2D eigenvalue weighted by Crippen LogP contribution is 2.12. The zero-order chi connectivity index (χ0) is 8.97. The highest BCUT2D eigenvalue weighted by Gasteiger charge is 2.00. The minimum absolute atomic E-state index is 0.0619. The maximum absolute atomic E-state index is 10.4. The molecule has 0 aliphatic rings. The van der Waals surface area contributed by atoms with Gasteiger partial charge in [0.15, 0.2) is 6.07 Å². The summed E-state index contributed by atoms with van der Waals surface area (Å²) in [4.78, 5) is 10.4. The van der Waals surface area contributed by atoms with Crippen molar-refractivity contribution in [1.82, 2.24) is 0 Å². The zero-order valence-corrected chi connectivity index (χ0v) is 6.91. The number of hydrogen-bond acceptors (Lipinski definition) is 2. The average molecular weight is 187 g/mol. The summed E-state index contributed by atoms with van der Waals surface area (Å²) in [7, 11) is 0.